The standard InChI is InChI=1S/C19H24FN/c1-6-21-19(16-9-7-8-12(2)18(16)20)17-11-14(4)13(3)10-15(17)5/h7-11,19,21H,6H2,1-5H3. The first kappa shape index (κ1) is 15.7. The van der Waals surface area contributed by atoms with E-state index in [1.165, 1.54) is 16.7 Å². The lowest BCUT2D eigenvalue weighted by Gasteiger charge is -2.23. The van der Waals surface area contributed by atoms with E-state index in [0.29, 0.717) is 5.56 Å². The minimum atomic E-state index is -0.110. The molecule has 0 aliphatic rings. The van der Waals surface area contributed by atoms with Crippen molar-refractivity contribution in [3.05, 3.63) is 69.5 Å². The summed E-state index contributed by atoms with van der Waals surface area (Å²) in [5.74, 6) is -0.110. The summed E-state index contributed by atoms with van der Waals surface area (Å²) in [6.45, 7) is 11.0. The maximum atomic E-state index is 14.5. The van der Waals surface area contributed by atoms with Gasteiger partial charge in [-0.3, -0.25) is 0 Å². The van der Waals surface area contributed by atoms with Gasteiger partial charge in [0.1, 0.15) is 5.82 Å². The summed E-state index contributed by atoms with van der Waals surface area (Å²) in [6, 6.07) is 9.88. The summed E-state index contributed by atoms with van der Waals surface area (Å²) < 4.78 is 14.5. The van der Waals surface area contributed by atoms with Crippen molar-refractivity contribution in [1.82, 2.24) is 5.32 Å². The van der Waals surface area contributed by atoms with Crippen LogP contribution in [0.25, 0.3) is 0 Å². The maximum Gasteiger partial charge on any atom is 0.131 e. The first-order valence-electron chi connectivity index (χ1n) is 7.51. The van der Waals surface area contributed by atoms with Gasteiger partial charge >= 0.3 is 0 Å². The number of aryl methyl sites for hydroxylation is 4. The van der Waals surface area contributed by atoms with Crippen LogP contribution < -0.4 is 5.32 Å². The lowest BCUT2D eigenvalue weighted by Crippen LogP contribution is -2.24. The predicted octanol–water partition coefficient (Wildman–Crippen LogP) is 4.76. The molecule has 112 valence electrons. The Morgan fingerprint density at radius 1 is 0.905 bits per heavy atom. The Bertz CT molecular complexity index is 646. The first-order chi connectivity index (χ1) is 9.95. The van der Waals surface area contributed by atoms with Crippen LogP contribution in [0.2, 0.25) is 0 Å². The lowest BCUT2D eigenvalue weighted by molar-refractivity contribution is 0.552. The van der Waals surface area contributed by atoms with Crippen molar-refractivity contribution in [3.63, 3.8) is 0 Å². The van der Waals surface area contributed by atoms with Crippen LogP contribution in [-0.4, -0.2) is 6.54 Å². The van der Waals surface area contributed by atoms with Crippen molar-refractivity contribution in [2.45, 2.75) is 40.7 Å². The Morgan fingerprint density at radius 3 is 2.24 bits per heavy atom. The Labute approximate surface area is 127 Å². The van der Waals surface area contributed by atoms with E-state index in [0.717, 1.165) is 17.7 Å². The van der Waals surface area contributed by atoms with Crippen molar-refractivity contribution >= 4 is 0 Å². The van der Waals surface area contributed by atoms with Crippen molar-refractivity contribution < 1.29 is 4.39 Å². The molecule has 1 N–H and O–H groups in total. The highest BCUT2D eigenvalue weighted by Crippen LogP contribution is 2.29. The van der Waals surface area contributed by atoms with Crippen LogP contribution in [0, 0.1) is 33.5 Å². The number of benzene rings is 2. The highest BCUT2D eigenvalue weighted by Gasteiger charge is 2.20. The van der Waals surface area contributed by atoms with Crippen LogP contribution in [-0.2, 0) is 0 Å². The van der Waals surface area contributed by atoms with Crippen LogP contribution in [0.5, 0.6) is 0 Å². The fraction of sp³-hybridized carbons (Fsp3) is 0.368. The van der Waals surface area contributed by atoms with E-state index in [1.54, 1.807) is 0 Å². The molecule has 1 nitrogen and oxygen atoms in total. The molecule has 21 heavy (non-hydrogen) atoms. The normalized spacial score (nSPS) is 12.5. The van der Waals surface area contributed by atoms with Crippen LogP contribution in [0.1, 0.15) is 46.3 Å². The van der Waals surface area contributed by atoms with Crippen LogP contribution in [0.15, 0.2) is 30.3 Å². The largest absolute Gasteiger partial charge is 0.306 e. The highest BCUT2D eigenvalue weighted by molar-refractivity contribution is 5.43. The molecule has 2 aromatic rings. The first-order valence-corrected chi connectivity index (χ1v) is 7.51. The van der Waals surface area contributed by atoms with Gasteiger partial charge in [0.25, 0.3) is 0 Å². The Morgan fingerprint density at radius 2 is 1.57 bits per heavy atom. The van der Waals surface area contributed by atoms with Gasteiger partial charge < -0.3 is 5.32 Å². The molecule has 0 saturated heterocycles. The number of halogens is 1. The van der Waals surface area contributed by atoms with E-state index >= 15 is 0 Å². The van der Waals surface area contributed by atoms with Crippen LogP contribution >= 0.6 is 0 Å². The molecule has 2 heteroatoms. The van der Waals surface area contributed by atoms with Gasteiger partial charge in [-0.2, -0.15) is 0 Å². The molecule has 0 aromatic heterocycles. The van der Waals surface area contributed by atoms with Crippen LogP contribution in [0.3, 0.4) is 0 Å². The smallest absolute Gasteiger partial charge is 0.131 e. The Hall–Kier alpha value is -1.67. The lowest BCUT2D eigenvalue weighted by atomic mass is 9.90. The van der Waals surface area contributed by atoms with Crippen molar-refractivity contribution in [2.24, 2.45) is 0 Å². The molecule has 1 atom stereocenters. The summed E-state index contributed by atoms with van der Waals surface area (Å²) in [4.78, 5) is 0. The minimum absolute atomic E-state index is 0.103. The van der Waals surface area contributed by atoms with E-state index in [-0.39, 0.29) is 11.9 Å². The summed E-state index contributed by atoms with van der Waals surface area (Å²) in [5, 5.41) is 3.43. The van der Waals surface area contributed by atoms with Crippen LogP contribution in [0.4, 0.5) is 4.39 Å². The molecule has 0 amide bonds. The molecular formula is C19H24FN. The monoisotopic (exact) mass is 285 g/mol. The summed E-state index contributed by atoms with van der Waals surface area (Å²) in [6.07, 6.45) is 0. The summed E-state index contributed by atoms with van der Waals surface area (Å²) in [7, 11) is 0. The molecule has 0 aliphatic carbocycles. The Kier molecular flexibility index (Phi) is 4.79. The van der Waals surface area contributed by atoms with Gasteiger partial charge in [-0.1, -0.05) is 37.3 Å². The topological polar surface area (TPSA) is 12.0 Å². The molecule has 2 rings (SSSR count). The van der Waals surface area contributed by atoms with Crippen molar-refractivity contribution in [1.29, 1.82) is 0 Å². The van der Waals surface area contributed by atoms with Gasteiger partial charge in [0.15, 0.2) is 0 Å². The molecule has 0 saturated carbocycles. The molecule has 0 bridgehead atoms. The second-order valence-electron chi connectivity index (χ2n) is 5.76. The predicted molar refractivity (Wildman–Crippen MR) is 87.3 cm³/mol. The second-order valence-corrected chi connectivity index (χ2v) is 5.76. The zero-order chi connectivity index (χ0) is 15.6. The molecule has 2 aromatic carbocycles. The van der Waals surface area contributed by atoms with Crippen molar-refractivity contribution in [3.8, 4) is 0 Å². The molecule has 0 heterocycles. The molecule has 1 unspecified atom stereocenters. The zero-order valence-corrected chi connectivity index (χ0v) is 13.5. The second kappa shape index (κ2) is 6.40. The van der Waals surface area contributed by atoms with E-state index in [4.69, 9.17) is 0 Å². The molecule has 0 radical (unpaired) electrons. The SMILES string of the molecule is CCNC(c1cc(C)c(C)cc1C)c1cccc(C)c1F. The molecule has 0 aliphatic heterocycles. The number of nitrogens with one attached hydrogen (secondary N) is 1. The van der Waals surface area contributed by atoms with Gasteiger partial charge in [0.2, 0.25) is 0 Å². The minimum Gasteiger partial charge on any atom is -0.306 e. The van der Waals surface area contributed by atoms with Gasteiger partial charge in [-0.05, 0) is 62.1 Å². The van der Waals surface area contributed by atoms with E-state index in [9.17, 15) is 4.39 Å². The van der Waals surface area contributed by atoms with E-state index < -0.39 is 0 Å². The highest BCUT2D eigenvalue weighted by atomic mass is 19.1. The third kappa shape index (κ3) is 3.16. The van der Waals surface area contributed by atoms with Gasteiger partial charge in [-0.25, -0.2) is 4.39 Å². The third-order valence-corrected chi connectivity index (χ3v) is 4.13. The third-order valence-electron chi connectivity index (χ3n) is 4.13. The zero-order valence-electron chi connectivity index (χ0n) is 13.5. The number of hydrogen-bond acceptors (Lipinski definition) is 1. The fourth-order valence-corrected chi connectivity index (χ4v) is 2.78. The fourth-order valence-electron chi connectivity index (χ4n) is 2.78. The maximum absolute atomic E-state index is 14.5. The number of hydrogen-bond donors (Lipinski definition) is 1. The summed E-state index contributed by atoms with van der Waals surface area (Å²) in [5.41, 5.74) is 6.29. The van der Waals surface area contributed by atoms with Gasteiger partial charge in [0.05, 0.1) is 6.04 Å². The average molecular weight is 285 g/mol. The van der Waals surface area contributed by atoms with E-state index in [1.807, 2.05) is 25.1 Å². The van der Waals surface area contributed by atoms with Gasteiger partial charge in [0, 0.05) is 5.56 Å². The van der Waals surface area contributed by atoms with Crippen molar-refractivity contribution in [2.75, 3.05) is 6.54 Å². The number of rotatable bonds is 4. The average Bonchev–Trinajstić information content (AvgIpc) is 2.44. The molecular weight excluding hydrogens is 261 g/mol. The quantitative estimate of drug-likeness (QED) is 0.854. The Balaban J connectivity index is 2.59. The van der Waals surface area contributed by atoms with Gasteiger partial charge in [-0.15, -0.1) is 0 Å². The van der Waals surface area contributed by atoms with E-state index in [2.05, 4.69) is 45.1 Å². The summed E-state index contributed by atoms with van der Waals surface area (Å²) >= 11 is 0. The molecule has 0 spiro atoms. The molecule has 0 fully saturated rings.